The molecule has 0 aromatic heterocycles. The first-order chi connectivity index (χ1) is 10.6. The van der Waals surface area contributed by atoms with E-state index in [0.29, 0.717) is 32.9 Å². The predicted octanol–water partition coefficient (Wildman–Crippen LogP) is 3.75. The van der Waals surface area contributed by atoms with Crippen molar-refractivity contribution in [3.63, 3.8) is 0 Å². The van der Waals surface area contributed by atoms with Crippen molar-refractivity contribution >= 4 is 27.9 Å². The van der Waals surface area contributed by atoms with E-state index in [1.165, 1.54) is 0 Å². The van der Waals surface area contributed by atoms with Gasteiger partial charge in [0.2, 0.25) is 5.91 Å². The number of likely N-dealkylation sites (N-methyl/N-ethyl adjacent to an activating group) is 1. The molecule has 0 radical (unpaired) electrons. The summed E-state index contributed by atoms with van der Waals surface area (Å²) in [4.78, 5) is 13.8. The van der Waals surface area contributed by atoms with Crippen molar-refractivity contribution in [3.05, 3.63) is 34.3 Å². The van der Waals surface area contributed by atoms with E-state index >= 15 is 0 Å². The van der Waals surface area contributed by atoms with Crippen LogP contribution in [0.15, 0.2) is 28.7 Å². The molecule has 1 aromatic carbocycles. The van der Waals surface area contributed by atoms with Crippen molar-refractivity contribution in [2.24, 2.45) is 0 Å². The van der Waals surface area contributed by atoms with E-state index in [0.717, 1.165) is 15.8 Å². The van der Waals surface area contributed by atoms with Gasteiger partial charge in [-0.25, -0.2) is 0 Å². The summed E-state index contributed by atoms with van der Waals surface area (Å²) < 4.78 is 11.9. The molecule has 0 bridgehead atoms. The summed E-state index contributed by atoms with van der Waals surface area (Å²) >= 11 is 3.44. The van der Waals surface area contributed by atoms with Crippen molar-refractivity contribution in [3.8, 4) is 5.75 Å². The van der Waals surface area contributed by atoms with E-state index in [2.05, 4.69) is 15.9 Å². The van der Waals surface area contributed by atoms with Crippen LogP contribution in [-0.4, -0.2) is 43.7 Å². The Morgan fingerprint density at radius 1 is 1.23 bits per heavy atom. The van der Waals surface area contributed by atoms with E-state index in [4.69, 9.17) is 9.47 Å². The molecular formula is C17H24BrNO3. The lowest BCUT2D eigenvalue weighted by Crippen LogP contribution is -2.28. The number of carbonyl (C=O) groups is 1. The number of hydrogen-bond donors (Lipinski definition) is 0. The number of hydrogen-bond acceptors (Lipinski definition) is 3. The van der Waals surface area contributed by atoms with Gasteiger partial charge in [0.1, 0.15) is 12.4 Å². The summed E-state index contributed by atoms with van der Waals surface area (Å²) in [7, 11) is 0. The Morgan fingerprint density at radius 3 is 2.59 bits per heavy atom. The molecule has 0 heterocycles. The van der Waals surface area contributed by atoms with Crippen LogP contribution in [0.2, 0.25) is 0 Å². The van der Waals surface area contributed by atoms with Gasteiger partial charge < -0.3 is 14.4 Å². The molecule has 1 rings (SSSR count). The summed E-state index contributed by atoms with van der Waals surface area (Å²) in [6, 6.07) is 5.74. The highest BCUT2D eigenvalue weighted by atomic mass is 79.9. The first-order valence-corrected chi connectivity index (χ1v) is 8.38. The first-order valence-electron chi connectivity index (χ1n) is 7.59. The highest BCUT2D eigenvalue weighted by Gasteiger charge is 2.07. The molecule has 0 atom stereocenters. The Morgan fingerprint density at radius 2 is 1.95 bits per heavy atom. The Kier molecular flexibility index (Phi) is 8.85. The van der Waals surface area contributed by atoms with Gasteiger partial charge in [0.25, 0.3) is 0 Å². The highest BCUT2D eigenvalue weighted by Crippen LogP contribution is 2.24. The second kappa shape index (κ2) is 10.4. The number of ether oxygens (including phenoxy) is 2. The summed E-state index contributed by atoms with van der Waals surface area (Å²) in [6.07, 6.45) is 3.38. The number of amides is 1. The van der Waals surface area contributed by atoms with Crippen molar-refractivity contribution in [1.82, 2.24) is 4.90 Å². The molecule has 4 nitrogen and oxygen atoms in total. The molecule has 0 aliphatic heterocycles. The zero-order valence-corrected chi connectivity index (χ0v) is 15.1. The van der Waals surface area contributed by atoms with Gasteiger partial charge in [-0.1, -0.05) is 15.9 Å². The third kappa shape index (κ3) is 6.20. The normalized spacial score (nSPS) is 10.9. The summed E-state index contributed by atoms with van der Waals surface area (Å²) in [6.45, 7) is 9.01. The largest absolute Gasteiger partial charge is 0.491 e. The fourth-order valence-electron chi connectivity index (χ4n) is 1.94. The minimum absolute atomic E-state index is 0.00485. The third-order valence-corrected chi connectivity index (χ3v) is 3.64. The van der Waals surface area contributed by atoms with Crippen LogP contribution in [0.4, 0.5) is 0 Å². The first kappa shape index (κ1) is 18.7. The minimum atomic E-state index is 0.00485. The molecule has 1 amide bonds. The summed E-state index contributed by atoms with van der Waals surface area (Å²) in [5, 5.41) is 0. The molecule has 0 fully saturated rings. The van der Waals surface area contributed by atoms with Crippen LogP contribution in [0.3, 0.4) is 0 Å². The van der Waals surface area contributed by atoms with Gasteiger partial charge in [0.05, 0.1) is 6.61 Å². The van der Waals surface area contributed by atoms with Crippen LogP contribution in [0.25, 0.3) is 6.08 Å². The molecule has 0 aliphatic carbocycles. The molecule has 122 valence electrons. The average Bonchev–Trinajstić information content (AvgIpc) is 2.52. The molecule has 5 heteroatoms. The molecular weight excluding hydrogens is 346 g/mol. The van der Waals surface area contributed by atoms with Crippen LogP contribution in [-0.2, 0) is 9.53 Å². The zero-order valence-electron chi connectivity index (χ0n) is 13.5. The molecule has 0 N–H and O–H groups in total. The SMILES string of the molecule is CCOCCOc1ccc(Br)cc1/C=C/C(=O)N(CC)CC. The van der Waals surface area contributed by atoms with Crippen molar-refractivity contribution < 1.29 is 14.3 Å². The third-order valence-electron chi connectivity index (χ3n) is 3.14. The average molecular weight is 370 g/mol. The maximum Gasteiger partial charge on any atom is 0.246 e. The van der Waals surface area contributed by atoms with Gasteiger partial charge in [-0.15, -0.1) is 0 Å². The summed E-state index contributed by atoms with van der Waals surface area (Å²) in [5.74, 6) is 0.747. The fourth-order valence-corrected chi connectivity index (χ4v) is 2.32. The monoisotopic (exact) mass is 369 g/mol. The smallest absolute Gasteiger partial charge is 0.246 e. The quantitative estimate of drug-likeness (QED) is 0.491. The highest BCUT2D eigenvalue weighted by molar-refractivity contribution is 9.10. The molecule has 0 spiro atoms. The van der Waals surface area contributed by atoms with E-state index in [1.807, 2.05) is 39.0 Å². The second-order valence-electron chi connectivity index (χ2n) is 4.57. The Balaban J connectivity index is 2.79. The number of halogens is 1. The van der Waals surface area contributed by atoms with Crippen LogP contribution in [0.1, 0.15) is 26.3 Å². The van der Waals surface area contributed by atoms with E-state index < -0.39 is 0 Å². The van der Waals surface area contributed by atoms with Crippen molar-refractivity contribution in [1.29, 1.82) is 0 Å². The Hall–Kier alpha value is -1.33. The molecule has 1 aromatic rings. The Bertz CT molecular complexity index is 499. The van der Waals surface area contributed by atoms with E-state index in [9.17, 15) is 4.79 Å². The topological polar surface area (TPSA) is 38.8 Å². The number of rotatable bonds is 9. The summed E-state index contributed by atoms with van der Waals surface area (Å²) in [5.41, 5.74) is 0.867. The lowest BCUT2D eigenvalue weighted by molar-refractivity contribution is -0.125. The van der Waals surface area contributed by atoms with Gasteiger partial charge in [0, 0.05) is 35.8 Å². The van der Waals surface area contributed by atoms with Gasteiger partial charge in [0.15, 0.2) is 0 Å². The van der Waals surface area contributed by atoms with Crippen LogP contribution < -0.4 is 4.74 Å². The molecule has 0 saturated heterocycles. The fraction of sp³-hybridized carbons (Fsp3) is 0.471. The molecule has 0 aliphatic rings. The predicted molar refractivity (Wildman–Crippen MR) is 93.1 cm³/mol. The van der Waals surface area contributed by atoms with Gasteiger partial charge in [-0.05, 0) is 45.0 Å². The van der Waals surface area contributed by atoms with E-state index in [1.54, 1.807) is 17.1 Å². The Labute approximate surface area is 141 Å². The van der Waals surface area contributed by atoms with Crippen LogP contribution in [0, 0.1) is 0 Å². The van der Waals surface area contributed by atoms with Crippen molar-refractivity contribution in [2.45, 2.75) is 20.8 Å². The lowest BCUT2D eigenvalue weighted by Gasteiger charge is -2.16. The minimum Gasteiger partial charge on any atom is -0.491 e. The standard InChI is InChI=1S/C17H24BrNO3/c1-4-19(5-2)17(20)10-7-14-13-15(18)8-9-16(14)22-12-11-21-6-3/h7-10,13H,4-6,11-12H2,1-3H3/b10-7+. The second-order valence-corrected chi connectivity index (χ2v) is 5.49. The van der Waals surface area contributed by atoms with Crippen LogP contribution in [0.5, 0.6) is 5.75 Å². The molecule has 0 saturated carbocycles. The van der Waals surface area contributed by atoms with E-state index in [-0.39, 0.29) is 5.91 Å². The van der Waals surface area contributed by atoms with Crippen molar-refractivity contribution in [2.75, 3.05) is 32.9 Å². The zero-order chi connectivity index (χ0) is 16.4. The maximum absolute atomic E-state index is 12.0. The van der Waals surface area contributed by atoms with Gasteiger partial charge in [-0.3, -0.25) is 4.79 Å². The maximum atomic E-state index is 12.0. The number of carbonyl (C=O) groups excluding carboxylic acids is 1. The van der Waals surface area contributed by atoms with Crippen LogP contribution >= 0.6 is 15.9 Å². The molecule has 22 heavy (non-hydrogen) atoms. The van der Waals surface area contributed by atoms with Gasteiger partial charge in [-0.2, -0.15) is 0 Å². The van der Waals surface area contributed by atoms with Gasteiger partial charge >= 0.3 is 0 Å². The number of nitrogens with zero attached hydrogens (tertiary/aromatic N) is 1. The number of benzene rings is 1. The lowest BCUT2D eigenvalue weighted by atomic mass is 10.2. The molecule has 0 unspecified atom stereocenters.